The molecule has 0 aliphatic carbocycles. The topological polar surface area (TPSA) is 107 Å². The van der Waals surface area contributed by atoms with Gasteiger partial charge >= 0.3 is 5.97 Å². The van der Waals surface area contributed by atoms with Crippen LogP contribution in [0.3, 0.4) is 0 Å². The Morgan fingerprint density at radius 3 is 2.88 bits per heavy atom. The maximum Gasteiger partial charge on any atom is 0.358 e. The lowest BCUT2D eigenvalue weighted by Crippen LogP contribution is -2.43. The van der Waals surface area contributed by atoms with E-state index in [4.69, 9.17) is 9.15 Å². The van der Waals surface area contributed by atoms with Crippen LogP contribution in [0.25, 0.3) is 5.69 Å². The third-order valence-electron chi connectivity index (χ3n) is 5.26. The Morgan fingerprint density at radius 1 is 1.22 bits per heavy atom. The molecule has 9 nitrogen and oxygen atoms in total. The van der Waals surface area contributed by atoms with Crippen LogP contribution < -0.4 is 5.32 Å². The van der Waals surface area contributed by atoms with Gasteiger partial charge < -0.3 is 19.4 Å². The van der Waals surface area contributed by atoms with Gasteiger partial charge in [0.25, 0.3) is 5.91 Å². The van der Waals surface area contributed by atoms with E-state index in [0.717, 1.165) is 6.42 Å². The van der Waals surface area contributed by atoms with Gasteiger partial charge in [0.2, 0.25) is 5.91 Å². The molecule has 1 N–H and O–H groups in total. The van der Waals surface area contributed by atoms with Gasteiger partial charge in [-0.25, -0.2) is 9.48 Å². The Hall–Kier alpha value is -3.88. The van der Waals surface area contributed by atoms with Gasteiger partial charge in [0, 0.05) is 25.0 Å². The summed E-state index contributed by atoms with van der Waals surface area (Å²) in [5, 5.41) is 7.17. The number of anilines is 1. The molecule has 9 heteroatoms. The predicted octanol–water partition coefficient (Wildman–Crippen LogP) is 3.13. The summed E-state index contributed by atoms with van der Waals surface area (Å²) in [4.78, 5) is 38.9. The number of likely N-dealkylation sites (tertiary alicyclic amines) is 1. The minimum atomic E-state index is -0.485. The Balaban J connectivity index is 1.41. The van der Waals surface area contributed by atoms with Crippen molar-refractivity contribution in [3.8, 4) is 5.69 Å². The highest BCUT2D eigenvalue weighted by atomic mass is 16.5. The van der Waals surface area contributed by atoms with Crippen molar-refractivity contribution in [3.05, 3.63) is 66.4 Å². The van der Waals surface area contributed by atoms with Gasteiger partial charge in [0.05, 0.1) is 24.5 Å². The molecule has 3 heterocycles. The molecule has 1 fully saturated rings. The maximum absolute atomic E-state index is 12.9. The number of hydrogen-bond acceptors (Lipinski definition) is 6. The lowest BCUT2D eigenvalue weighted by atomic mass is 9.96. The third-order valence-corrected chi connectivity index (χ3v) is 5.26. The summed E-state index contributed by atoms with van der Waals surface area (Å²) in [6.45, 7) is 2.95. The molecule has 1 aromatic carbocycles. The van der Waals surface area contributed by atoms with Crippen LogP contribution in [-0.2, 0) is 9.53 Å². The van der Waals surface area contributed by atoms with Crippen LogP contribution in [0.15, 0.2) is 59.3 Å². The first-order valence-electron chi connectivity index (χ1n) is 10.5. The predicted molar refractivity (Wildman–Crippen MR) is 115 cm³/mol. The number of aromatic nitrogens is 2. The van der Waals surface area contributed by atoms with Crippen LogP contribution in [0, 0.1) is 5.92 Å². The Kier molecular flexibility index (Phi) is 6.34. The van der Waals surface area contributed by atoms with E-state index in [9.17, 15) is 14.4 Å². The minimum absolute atomic E-state index is 0.147. The van der Waals surface area contributed by atoms with Crippen LogP contribution in [0.2, 0.25) is 0 Å². The fourth-order valence-corrected chi connectivity index (χ4v) is 3.68. The molecule has 0 unspecified atom stereocenters. The van der Waals surface area contributed by atoms with Gasteiger partial charge in [-0.05, 0) is 56.2 Å². The lowest BCUT2D eigenvalue weighted by molar-refractivity contribution is -0.121. The highest BCUT2D eigenvalue weighted by Gasteiger charge is 2.30. The highest BCUT2D eigenvalue weighted by molar-refractivity contribution is 5.95. The number of ether oxygens (including phenoxy) is 1. The number of furan rings is 1. The molecule has 32 heavy (non-hydrogen) atoms. The normalized spacial score (nSPS) is 15.9. The zero-order chi connectivity index (χ0) is 22.5. The maximum atomic E-state index is 12.9. The Morgan fingerprint density at radius 2 is 2.09 bits per heavy atom. The molecule has 0 spiro atoms. The van der Waals surface area contributed by atoms with Gasteiger partial charge in [-0.15, -0.1) is 0 Å². The first kappa shape index (κ1) is 21.4. The lowest BCUT2D eigenvalue weighted by Gasteiger charge is -2.31. The fraction of sp³-hybridized carbons (Fsp3) is 0.304. The van der Waals surface area contributed by atoms with Gasteiger partial charge in [0.1, 0.15) is 0 Å². The van der Waals surface area contributed by atoms with Gasteiger partial charge in [-0.1, -0.05) is 6.07 Å². The molecule has 1 saturated heterocycles. The number of carbonyl (C=O) groups is 3. The molecule has 1 aliphatic rings. The summed E-state index contributed by atoms with van der Waals surface area (Å²) in [5.41, 5.74) is 1.51. The monoisotopic (exact) mass is 436 g/mol. The number of piperidine rings is 1. The molecule has 0 radical (unpaired) electrons. The van der Waals surface area contributed by atoms with Crippen molar-refractivity contribution in [1.82, 2.24) is 14.7 Å². The van der Waals surface area contributed by atoms with Gasteiger partial charge in [0.15, 0.2) is 11.5 Å². The quantitative estimate of drug-likeness (QED) is 0.595. The van der Waals surface area contributed by atoms with Crippen molar-refractivity contribution in [2.45, 2.75) is 19.8 Å². The number of hydrogen-bond donors (Lipinski definition) is 1. The first-order valence-corrected chi connectivity index (χ1v) is 10.5. The zero-order valence-corrected chi connectivity index (χ0v) is 17.7. The van der Waals surface area contributed by atoms with Crippen molar-refractivity contribution < 1.29 is 23.5 Å². The molecule has 1 aliphatic heterocycles. The fourth-order valence-electron chi connectivity index (χ4n) is 3.68. The van der Waals surface area contributed by atoms with E-state index in [1.54, 1.807) is 59.1 Å². The number of nitrogens with one attached hydrogen (secondary N) is 1. The zero-order valence-electron chi connectivity index (χ0n) is 17.7. The second-order valence-electron chi connectivity index (χ2n) is 7.47. The number of nitrogens with zero attached hydrogens (tertiary/aromatic N) is 3. The average Bonchev–Trinajstić information content (AvgIpc) is 3.52. The SMILES string of the molecule is CCOC(=O)c1ccn(-c2cccc(NC(=O)[C@H]3CCCN(C(=O)c4ccco4)C3)c2)n1. The van der Waals surface area contributed by atoms with E-state index in [-0.39, 0.29) is 35.8 Å². The van der Waals surface area contributed by atoms with E-state index in [0.29, 0.717) is 30.9 Å². The second-order valence-corrected chi connectivity index (χ2v) is 7.47. The van der Waals surface area contributed by atoms with Crippen LogP contribution in [0.4, 0.5) is 5.69 Å². The van der Waals surface area contributed by atoms with Crippen LogP contribution in [0.1, 0.15) is 40.8 Å². The average molecular weight is 436 g/mol. The van der Waals surface area contributed by atoms with Crippen molar-refractivity contribution in [2.24, 2.45) is 5.92 Å². The van der Waals surface area contributed by atoms with E-state index < -0.39 is 5.97 Å². The summed E-state index contributed by atoms with van der Waals surface area (Å²) in [7, 11) is 0. The standard InChI is InChI=1S/C23H24N4O5/c1-2-31-23(30)19-10-12-27(25-19)18-8-3-7-17(14-18)24-21(28)16-6-4-11-26(15-16)22(29)20-9-5-13-32-20/h3,5,7-10,12-14,16H,2,4,6,11,15H2,1H3,(H,24,28)/t16-/m0/s1. The second kappa shape index (κ2) is 9.51. The summed E-state index contributed by atoms with van der Waals surface area (Å²) in [6.07, 6.45) is 4.57. The minimum Gasteiger partial charge on any atom is -0.461 e. The number of benzene rings is 1. The molecule has 0 bridgehead atoms. The van der Waals surface area contributed by atoms with Crippen molar-refractivity contribution in [2.75, 3.05) is 25.0 Å². The molecular formula is C23H24N4O5. The smallest absolute Gasteiger partial charge is 0.358 e. The molecule has 4 rings (SSSR count). The van der Waals surface area contributed by atoms with Gasteiger partial charge in [-0.3, -0.25) is 9.59 Å². The van der Waals surface area contributed by atoms with Crippen molar-refractivity contribution in [3.63, 3.8) is 0 Å². The largest absolute Gasteiger partial charge is 0.461 e. The van der Waals surface area contributed by atoms with E-state index >= 15 is 0 Å². The number of amides is 2. The molecule has 2 amide bonds. The van der Waals surface area contributed by atoms with Crippen molar-refractivity contribution in [1.29, 1.82) is 0 Å². The molecule has 1 atom stereocenters. The highest BCUT2D eigenvalue weighted by Crippen LogP contribution is 2.22. The van der Waals surface area contributed by atoms with E-state index in [1.165, 1.54) is 6.26 Å². The Bertz CT molecular complexity index is 1110. The summed E-state index contributed by atoms with van der Waals surface area (Å²) < 4.78 is 11.7. The molecule has 0 saturated carbocycles. The van der Waals surface area contributed by atoms with E-state index in [1.807, 2.05) is 6.07 Å². The van der Waals surface area contributed by atoms with Crippen LogP contribution in [-0.4, -0.2) is 52.2 Å². The Labute approximate surface area is 184 Å². The summed E-state index contributed by atoms with van der Waals surface area (Å²) in [5.74, 6) is -0.870. The van der Waals surface area contributed by atoms with Crippen molar-refractivity contribution >= 4 is 23.5 Å². The van der Waals surface area contributed by atoms with Gasteiger partial charge in [-0.2, -0.15) is 5.10 Å². The third kappa shape index (κ3) is 4.72. The molecule has 3 aromatic rings. The number of rotatable bonds is 6. The van der Waals surface area contributed by atoms with Crippen LogP contribution >= 0.6 is 0 Å². The number of esters is 1. The summed E-state index contributed by atoms with van der Waals surface area (Å²) in [6, 6.07) is 12.0. The van der Waals surface area contributed by atoms with E-state index in [2.05, 4.69) is 10.4 Å². The molecular weight excluding hydrogens is 412 g/mol. The van der Waals surface area contributed by atoms with Crippen LogP contribution in [0.5, 0.6) is 0 Å². The number of carbonyl (C=O) groups excluding carboxylic acids is 3. The summed E-state index contributed by atoms with van der Waals surface area (Å²) >= 11 is 0. The molecule has 166 valence electrons. The first-order chi connectivity index (χ1) is 15.5. The molecule has 2 aromatic heterocycles.